The van der Waals surface area contributed by atoms with Crippen LogP contribution in [0.25, 0.3) is 6.08 Å². The summed E-state index contributed by atoms with van der Waals surface area (Å²) in [6.45, 7) is -0.505. The maximum Gasteiger partial charge on any atom is 0.335 e. The number of carbonyl (C=O) groups excluding carboxylic acids is 2. The minimum absolute atomic E-state index is 0.112. The van der Waals surface area contributed by atoms with Crippen LogP contribution >= 0.6 is 11.8 Å². The lowest BCUT2D eigenvalue weighted by Gasteiger charge is -2.12. The number of aliphatic carboxylic acids is 1. The molecule has 10 heteroatoms. The lowest BCUT2D eigenvalue weighted by Crippen LogP contribution is -2.33. The van der Waals surface area contributed by atoms with Crippen LogP contribution in [0.15, 0.2) is 47.4 Å². The highest BCUT2D eigenvalue weighted by Crippen LogP contribution is 2.34. The molecule has 0 bridgehead atoms. The maximum absolute atomic E-state index is 12.3. The van der Waals surface area contributed by atoms with E-state index in [0.717, 1.165) is 5.56 Å². The second-order valence-corrected chi connectivity index (χ2v) is 7.36. The summed E-state index contributed by atoms with van der Waals surface area (Å²) in [5.41, 5.74) is 1.51. The number of carboxylic acid groups (broad SMARTS) is 2. The van der Waals surface area contributed by atoms with Gasteiger partial charge in [-0.25, -0.2) is 4.79 Å². The Morgan fingerprint density at radius 1 is 1.06 bits per heavy atom. The van der Waals surface area contributed by atoms with Crippen LogP contribution in [-0.4, -0.2) is 51.9 Å². The number of rotatable bonds is 8. The molecule has 3 rings (SSSR count). The molecule has 0 spiro atoms. The van der Waals surface area contributed by atoms with Gasteiger partial charge in [0.2, 0.25) is 0 Å². The van der Waals surface area contributed by atoms with Gasteiger partial charge < -0.3 is 19.7 Å². The minimum atomic E-state index is -1.27. The molecule has 1 aliphatic heterocycles. The third-order valence-electron chi connectivity index (χ3n) is 4.25. The van der Waals surface area contributed by atoms with E-state index in [1.54, 1.807) is 30.3 Å². The summed E-state index contributed by atoms with van der Waals surface area (Å²) in [7, 11) is 1.45. The van der Waals surface area contributed by atoms with Crippen molar-refractivity contribution in [1.82, 2.24) is 4.90 Å². The van der Waals surface area contributed by atoms with Crippen LogP contribution in [-0.2, 0) is 16.2 Å². The number of carbonyl (C=O) groups is 4. The zero-order valence-electron chi connectivity index (χ0n) is 16.2. The lowest BCUT2D eigenvalue weighted by molar-refractivity contribution is -0.140. The average molecular weight is 443 g/mol. The fourth-order valence-corrected chi connectivity index (χ4v) is 3.56. The molecule has 31 heavy (non-hydrogen) atoms. The summed E-state index contributed by atoms with van der Waals surface area (Å²) in [5, 5.41) is 17.1. The molecule has 1 aliphatic rings. The van der Waals surface area contributed by atoms with Gasteiger partial charge in [-0.1, -0.05) is 18.2 Å². The van der Waals surface area contributed by atoms with Gasteiger partial charge in [0.25, 0.3) is 11.1 Å². The van der Waals surface area contributed by atoms with E-state index in [4.69, 9.17) is 19.7 Å². The van der Waals surface area contributed by atoms with Gasteiger partial charge in [0.1, 0.15) is 13.2 Å². The van der Waals surface area contributed by atoms with Crippen LogP contribution in [0, 0.1) is 0 Å². The summed E-state index contributed by atoms with van der Waals surface area (Å²) in [5.74, 6) is -2.13. The van der Waals surface area contributed by atoms with E-state index in [2.05, 4.69) is 0 Å². The molecule has 0 radical (unpaired) electrons. The molecule has 2 N–H and O–H groups in total. The Bertz CT molecular complexity index is 1080. The number of nitrogens with zero attached hydrogens (tertiary/aromatic N) is 1. The van der Waals surface area contributed by atoms with Crippen molar-refractivity contribution in [3.8, 4) is 11.5 Å². The molecule has 0 aliphatic carbocycles. The van der Waals surface area contributed by atoms with Crippen molar-refractivity contribution < 1.29 is 38.9 Å². The van der Waals surface area contributed by atoms with Gasteiger partial charge in [-0.15, -0.1) is 0 Å². The Morgan fingerprint density at radius 3 is 2.39 bits per heavy atom. The van der Waals surface area contributed by atoms with Crippen molar-refractivity contribution in [2.75, 3.05) is 13.7 Å². The highest BCUT2D eigenvalue weighted by molar-refractivity contribution is 8.18. The fraction of sp³-hybridized carbons (Fsp3) is 0.143. The monoisotopic (exact) mass is 443 g/mol. The Morgan fingerprint density at radius 2 is 1.77 bits per heavy atom. The molecule has 0 aromatic heterocycles. The largest absolute Gasteiger partial charge is 0.493 e. The summed E-state index contributed by atoms with van der Waals surface area (Å²) < 4.78 is 11.1. The number of thioether (sulfide) groups is 1. The Labute approximate surface area is 180 Å². The van der Waals surface area contributed by atoms with Gasteiger partial charge in [-0.2, -0.15) is 0 Å². The first-order valence-electron chi connectivity index (χ1n) is 8.88. The van der Waals surface area contributed by atoms with E-state index in [1.807, 2.05) is 0 Å². The topological polar surface area (TPSA) is 130 Å². The first-order chi connectivity index (χ1) is 14.8. The van der Waals surface area contributed by atoms with Crippen molar-refractivity contribution in [2.24, 2.45) is 0 Å². The molecule has 160 valence electrons. The van der Waals surface area contributed by atoms with Gasteiger partial charge >= 0.3 is 11.9 Å². The number of hydrogen-bond acceptors (Lipinski definition) is 7. The molecule has 1 heterocycles. The first kappa shape index (κ1) is 21.9. The summed E-state index contributed by atoms with van der Waals surface area (Å²) in [6.07, 6.45) is 1.48. The van der Waals surface area contributed by atoms with Gasteiger partial charge in [0.05, 0.1) is 17.6 Å². The SMILES string of the molecule is COc1cc(/C=C2\SC(=O)N(CC(=O)O)C2=O)ccc1OCc1ccc(C(=O)O)cc1. The van der Waals surface area contributed by atoms with Gasteiger partial charge in [0.15, 0.2) is 11.5 Å². The van der Waals surface area contributed by atoms with Crippen LogP contribution in [0.1, 0.15) is 21.5 Å². The van der Waals surface area contributed by atoms with Crippen molar-refractivity contribution in [1.29, 1.82) is 0 Å². The standard InChI is InChI=1S/C21H17NO8S/c1-29-16-8-13(9-17-19(25)22(10-18(23)24)21(28)31-17)4-7-15(16)30-11-12-2-5-14(6-3-12)20(26)27/h2-9H,10-11H2,1H3,(H,23,24)(H,26,27)/b17-9-. The van der Waals surface area contributed by atoms with Gasteiger partial charge in [-0.05, 0) is 53.2 Å². The number of imide groups is 1. The smallest absolute Gasteiger partial charge is 0.335 e. The third kappa shape index (κ3) is 5.23. The number of carboxylic acids is 2. The lowest BCUT2D eigenvalue weighted by atomic mass is 10.1. The highest BCUT2D eigenvalue weighted by Gasteiger charge is 2.36. The first-order valence-corrected chi connectivity index (χ1v) is 9.70. The van der Waals surface area contributed by atoms with Crippen molar-refractivity contribution in [2.45, 2.75) is 6.61 Å². The van der Waals surface area contributed by atoms with E-state index < -0.39 is 29.6 Å². The minimum Gasteiger partial charge on any atom is -0.493 e. The Balaban J connectivity index is 1.73. The zero-order valence-corrected chi connectivity index (χ0v) is 17.0. The molecule has 1 saturated heterocycles. The van der Waals surface area contributed by atoms with Crippen molar-refractivity contribution in [3.05, 3.63) is 64.1 Å². The Hall–Kier alpha value is -3.79. The zero-order chi connectivity index (χ0) is 22.5. The average Bonchev–Trinajstić information content (AvgIpc) is 2.99. The van der Waals surface area contributed by atoms with E-state index in [0.29, 0.717) is 33.7 Å². The molecule has 2 aromatic carbocycles. The predicted octanol–water partition coefficient (Wildman–Crippen LogP) is 3.09. The number of amides is 2. The second-order valence-electron chi connectivity index (χ2n) is 6.36. The molecule has 0 unspecified atom stereocenters. The maximum atomic E-state index is 12.3. The highest BCUT2D eigenvalue weighted by atomic mass is 32.2. The van der Waals surface area contributed by atoms with Crippen LogP contribution in [0.4, 0.5) is 4.79 Å². The van der Waals surface area contributed by atoms with E-state index in [1.165, 1.54) is 25.3 Å². The fourth-order valence-electron chi connectivity index (χ4n) is 2.72. The van der Waals surface area contributed by atoms with Crippen molar-refractivity contribution in [3.63, 3.8) is 0 Å². The van der Waals surface area contributed by atoms with E-state index in [-0.39, 0.29) is 17.1 Å². The molecular formula is C21H17NO8S. The summed E-state index contributed by atoms with van der Waals surface area (Å²) in [4.78, 5) is 46.6. The molecule has 1 fully saturated rings. The number of hydrogen-bond donors (Lipinski definition) is 2. The predicted molar refractivity (Wildman–Crippen MR) is 111 cm³/mol. The molecule has 0 atom stereocenters. The number of aromatic carboxylic acids is 1. The van der Waals surface area contributed by atoms with Crippen LogP contribution in [0.2, 0.25) is 0 Å². The second kappa shape index (κ2) is 9.35. The van der Waals surface area contributed by atoms with Gasteiger partial charge in [-0.3, -0.25) is 19.3 Å². The van der Waals surface area contributed by atoms with E-state index in [9.17, 15) is 19.2 Å². The molecule has 2 amide bonds. The normalized spacial score (nSPS) is 14.7. The number of benzene rings is 2. The van der Waals surface area contributed by atoms with E-state index >= 15 is 0 Å². The third-order valence-corrected chi connectivity index (χ3v) is 5.16. The van der Waals surface area contributed by atoms with Crippen LogP contribution in [0.5, 0.6) is 11.5 Å². The number of methoxy groups -OCH3 is 1. The quantitative estimate of drug-likeness (QED) is 0.591. The van der Waals surface area contributed by atoms with Gasteiger partial charge in [0, 0.05) is 0 Å². The molecule has 2 aromatic rings. The van der Waals surface area contributed by atoms with Crippen LogP contribution in [0.3, 0.4) is 0 Å². The number of ether oxygens (including phenoxy) is 2. The molecular weight excluding hydrogens is 426 g/mol. The van der Waals surface area contributed by atoms with Crippen molar-refractivity contribution >= 4 is 40.9 Å². The summed E-state index contributed by atoms with van der Waals surface area (Å²) >= 11 is 0.668. The summed E-state index contributed by atoms with van der Waals surface area (Å²) in [6, 6.07) is 11.2. The Kier molecular flexibility index (Phi) is 6.61. The molecule has 0 saturated carbocycles. The van der Waals surface area contributed by atoms with Crippen LogP contribution < -0.4 is 9.47 Å². The molecule has 9 nitrogen and oxygen atoms in total.